The lowest BCUT2D eigenvalue weighted by Crippen LogP contribution is -2.54. The molecule has 0 bridgehead atoms. The fourth-order valence-electron chi connectivity index (χ4n) is 9.54. The van der Waals surface area contributed by atoms with E-state index in [0.29, 0.717) is 37.4 Å². The quantitative estimate of drug-likeness (QED) is 0.242. The Kier molecular flexibility index (Phi) is 9.62. The number of imide groups is 2. The summed E-state index contributed by atoms with van der Waals surface area (Å²) in [7, 11) is 1.43. The molecule has 4 fully saturated rings. The maximum absolute atomic E-state index is 13.7. The van der Waals surface area contributed by atoms with Crippen LogP contribution >= 0.6 is 0 Å². The molecular formula is C42H41F3N8O7. The standard InChI is InChI=1S/C42H41F3N8O7/c1-60-33-19-30-24(17-31(33)47-36(55)29-3-2-4-34(46-29)42(43,44)45)22-52(49-30)26-20-41(21-26)11-9-23(10-12-41)38(57)51-15-13-50(14-16-51)25-5-6-27-28(18-25)40(59)53(39(27)58)32-7-8-35(54)48-37(32)56/h2-6,17-19,22-23,26,32H,7-16,20-21H2,1H3,(H,47,55)(H,48,54,56). The molecule has 60 heavy (non-hydrogen) atoms. The summed E-state index contributed by atoms with van der Waals surface area (Å²) in [6.07, 6.45) is 2.67. The molecule has 0 radical (unpaired) electrons. The summed E-state index contributed by atoms with van der Waals surface area (Å²) in [5, 5.41) is 10.4. The average Bonchev–Trinajstić information content (AvgIpc) is 3.75. The number of hydrogen-bond donors (Lipinski definition) is 2. The second-order valence-corrected chi connectivity index (χ2v) is 16.4. The summed E-state index contributed by atoms with van der Waals surface area (Å²) < 4.78 is 46.9. The molecule has 312 valence electrons. The molecule has 1 spiro atoms. The molecule has 6 amide bonds. The van der Waals surface area contributed by atoms with Crippen molar-refractivity contribution < 1.29 is 46.7 Å². The molecule has 9 rings (SSSR count). The first kappa shape index (κ1) is 39.1. The number of hydrogen-bond acceptors (Lipinski definition) is 10. The zero-order valence-electron chi connectivity index (χ0n) is 32.6. The third-order valence-electron chi connectivity index (χ3n) is 12.9. The van der Waals surface area contributed by atoms with E-state index in [1.165, 1.54) is 13.2 Å². The van der Waals surface area contributed by atoms with Crippen LogP contribution in [0.25, 0.3) is 10.9 Å². The van der Waals surface area contributed by atoms with Crippen LogP contribution in [0.1, 0.15) is 94.3 Å². The van der Waals surface area contributed by atoms with Crippen molar-refractivity contribution in [2.45, 2.75) is 69.6 Å². The van der Waals surface area contributed by atoms with Crippen molar-refractivity contribution in [1.82, 2.24) is 29.9 Å². The molecule has 2 saturated heterocycles. The predicted molar refractivity (Wildman–Crippen MR) is 208 cm³/mol. The van der Waals surface area contributed by atoms with Crippen LogP contribution in [0.3, 0.4) is 0 Å². The minimum absolute atomic E-state index is 0.0511. The first-order valence-electron chi connectivity index (χ1n) is 20.0. The van der Waals surface area contributed by atoms with Gasteiger partial charge in [-0.05, 0) is 86.8 Å². The van der Waals surface area contributed by atoms with Crippen LogP contribution < -0.4 is 20.3 Å². The third-order valence-corrected chi connectivity index (χ3v) is 12.9. The maximum atomic E-state index is 13.7. The number of benzene rings is 2. The fourth-order valence-corrected chi connectivity index (χ4v) is 9.54. The molecule has 2 aromatic carbocycles. The van der Waals surface area contributed by atoms with Crippen LogP contribution in [0.15, 0.2) is 54.7 Å². The number of carbonyl (C=O) groups is 6. The number of amides is 6. The van der Waals surface area contributed by atoms with Gasteiger partial charge in [0, 0.05) is 61.9 Å². The van der Waals surface area contributed by atoms with Crippen LogP contribution in [0.2, 0.25) is 0 Å². The van der Waals surface area contributed by atoms with Crippen LogP contribution in [-0.4, -0.2) is 99.3 Å². The Bertz CT molecular complexity index is 2460. The molecule has 1 atom stereocenters. The number of anilines is 2. The molecule has 2 aromatic heterocycles. The topological polar surface area (TPSA) is 176 Å². The van der Waals surface area contributed by atoms with E-state index in [4.69, 9.17) is 9.84 Å². The van der Waals surface area contributed by atoms with Crippen molar-refractivity contribution in [2.75, 3.05) is 43.5 Å². The Balaban J connectivity index is 0.771. The summed E-state index contributed by atoms with van der Waals surface area (Å²) in [6.45, 7) is 2.18. The highest BCUT2D eigenvalue weighted by Crippen LogP contribution is 2.57. The summed E-state index contributed by atoms with van der Waals surface area (Å²) in [4.78, 5) is 85.6. The number of methoxy groups -OCH3 is 1. The van der Waals surface area contributed by atoms with Gasteiger partial charge in [0.25, 0.3) is 17.7 Å². The number of pyridine rings is 1. The molecule has 15 nitrogen and oxygen atoms in total. The molecule has 2 N–H and O–H groups in total. The van der Waals surface area contributed by atoms with E-state index < -0.39 is 47.4 Å². The number of halogens is 3. The van der Waals surface area contributed by atoms with Gasteiger partial charge in [-0.15, -0.1) is 0 Å². The SMILES string of the molecule is COc1cc2nn(C3CC4(CCC(C(=O)N5CCN(c6ccc7c(c6)C(=O)N(C6CCC(=O)NC6=O)C7=O)CC5)CC4)C3)cc2cc1NC(=O)c1cccc(C(F)(F)F)n1. The Hall–Kier alpha value is -6.33. The van der Waals surface area contributed by atoms with Gasteiger partial charge < -0.3 is 19.9 Å². The zero-order valence-corrected chi connectivity index (χ0v) is 32.6. The lowest BCUT2D eigenvalue weighted by Gasteiger charge is -2.51. The molecule has 4 aromatic rings. The highest BCUT2D eigenvalue weighted by molar-refractivity contribution is 6.23. The Labute approximate surface area is 341 Å². The second kappa shape index (κ2) is 14.7. The van der Waals surface area contributed by atoms with Crippen molar-refractivity contribution in [3.05, 3.63) is 77.2 Å². The average molecular weight is 827 g/mol. The Morgan fingerprint density at radius 1 is 0.917 bits per heavy atom. The molecule has 5 aliphatic rings. The first-order chi connectivity index (χ1) is 28.7. The van der Waals surface area contributed by atoms with Gasteiger partial charge in [0.2, 0.25) is 17.7 Å². The van der Waals surface area contributed by atoms with Gasteiger partial charge in [0.15, 0.2) is 0 Å². The number of piperazine rings is 1. The molecule has 2 aliphatic carbocycles. The van der Waals surface area contributed by atoms with E-state index in [1.807, 2.05) is 15.8 Å². The fraction of sp³-hybridized carbons (Fsp3) is 0.429. The Morgan fingerprint density at radius 2 is 1.65 bits per heavy atom. The molecule has 1 unspecified atom stereocenters. The summed E-state index contributed by atoms with van der Waals surface area (Å²) in [6, 6.07) is 10.7. The van der Waals surface area contributed by atoms with Gasteiger partial charge in [0.1, 0.15) is 23.2 Å². The minimum atomic E-state index is -4.69. The number of fused-ring (bicyclic) bond motifs is 2. The molecular weight excluding hydrogens is 786 g/mol. The Morgan fingerprint density at radius 3 is 2.35 bits per heavy atom. The first-order valence-corrected chi connectivity index (χ1v) is 20.0. The van der Waals surface area contributed by atoms with E-state index in [-0.39, 0.29) is 58.6 Å². The number of carbonyl (C=O) groups excluding carboxylic acids is 6. The van der Waals surface area contributed by atoms with Crippen molar-refractivity contribution >= 4 is 57.7 Å². The van der Waals surface area contributed by atoms with Gasteiger partial charge in [-0.25, -0.2) is 4.98 Å². The monoisotopic (exact) mass is 826 g/mol. The number of aromatic nitrogens is 3. The lowest BCUT2D eigenvalue weighted by molar-refractivity contribution is -0.141. The van der Waals surface area contributed by atoms with Gasteiger partial charge in [-0.2, -0.15) is 18.3 Å². The lowest BCUT2D eigenvalue weighted by atomic mass is 9.57. The summed E-state index contributed by atoms with van der Waals surface area (Å²) in [5.41, 5.74) is 0.729. The second-order valence-electron chi connectivity index (χ2n) is 16.4. The van der Waals surface area contributed by atoms with Crippen molar-refractivity contribution in [3.63, 3.8) is 0 Å². The highest BCUT2D eigenvalue weighted by Gasteiger charge is 2.49. The van der Waals surface area contributed by atoms with E-state index in [2.05, 4.69) is 20.5 Å². The van der Waals surface area contributed by atoms with Gasteiger partial charge in [0.05, 0.1) is 35.5 Å². The van der Waals surface area contributed by atoms with E-state index in [1.54, 1.807) is 30.3 Å². The zero-order chi connectivity index (χ0) is 42.1. The van der Waals surface area contributed by atoms with Crippen LogP contribution in [0, 0.1) is 11.3 Å². The highest BCUT2D eigenvalue weighted by atomic mass is 19.4. The van der Waals surface area contributed by atoms with Gasteiger partial charge in [-0.1, -0.05) is 6.07 Å². The van der Waals surface area contributed by atoms with Crippen LogP contribution in [0.5, 0.6) is 5.75 Å². The van der Waals surface area contributed by atoms with E-state index in [0.717, 1.165) is 66.6 Å². The van der Waals surface area contributed by atoms with Crippen molar-refractivity contribution in [2.24, 2.45) is 11.3 Å². The number of piperidine rings is 1. The van der Waals surface area contributed by atoms with Gasteiger partial charge in [-0.3, -0.25) is 43.7 Å². The van der Waals surface area contributed by atoms with Crippen molar-refractivity contribution in [1.29, 1.82) is 0 Å². The normalized spacial score (nSPS) is 24.4. The molecule has 5 heterocycles. The maximum Gasteiger partial charge on any atom is 0.433 e. The van der Waals surface area contributed by atoms with Crippen molar-refractivity contribution in [3.8, 4) is 5.75 Å². The number of nitrogens with zero attached hydrogens (tertiary/aromatic N) is 6. The van der Waals surface area contributed by atoms with E-state index in [9.17, 15) is 41.9 Å². The molecule has 3 aliphatic heterocycles. The smallest absolute Gasteiger partial charge is 0.433 e. The van der Waals surface area contributed by atoms with Crippen LogP contribution in [-0.2, 0) is 20.6 Å². The number of alkyl halides is 3. The van der Waals surface area contributed by atoms with Gasteiger partial charge >= 0.3 is 6.18 Å². The van der Waals surface area contributed by atoms with E-state index >= 15 is 0 Å². The third kappa shape index (κ3) is 7.00. The molecule has 2 saturated carbocycles. The minimum Gasteiger partial charge on any atom is -0.494 e. The number of nitrogens with one attached hydrogen (secondary N) is 2. The molecule has 18 heteroatoms. The predicted octanol–water partition coefficient (Wildman–Crippen LogP) is 4.97. The number of rotatable bonds is 7. The van der Waals surface area contributed by atoms with Crippen LogP contribution in [0.4, 0.5) is 24.5 Å². The largest absolute Gasteiger partial charge is 0.494 e. The summed E-state index contributed by atoms with van der Waals surface area (Å²) in [5.74, 6) is -2.57. The summed E-state index contributed by atoms with van der Waals surface area (Å²) >= 11 is 0. The number of ether oxygens (including phenoxy) is 1.